The number of pyridine rings is 1. The Morgan fingerprint density at radius 2 is 1.88 bits per heavy atom. The maximum absolute atomic E-state index is 6.23. The number of hydrogen-bond acceptors (Lipinski definition) is 6. The molecule has 8 heteroatoms. The summed E-state index contributed by atoms with van der Waals surface area (Å²) >= 11 is 0. The van der Waals surface area contributed by atoms with Crippen LogP contribution in [-0.4, -0.2) is 62.9 Å². The Balaban J connectivity index is 0.00000137. The molecule has 4 heterocycles. The van der Waals surface area contributed by atoms with E-state index in [9.17, 15) is 0 Å². The molecule has 2 aliphatic carbocycles. The topological polar surface area (TPSA) is 58.6 Å². The SMILES string of the molecule is COc1cc2c(NCC3CNC3)c3c(nc2cc1OCCCN1CC2CC(C2)C1)CCC3.Cl.Cl. The second kappa shape index (κ2) is 11.1. The molecule has 0 spiro atoms. The average molecular weight is 510 g/mol. The summed E-state index contributed by atoms with van der Waals surface area (Å²) in [5.41, 5.74) is 4.95. The number of hydrogen-bond donors (Lipinski definition) is 2. The molecule has 7 rings (SSSR count). The molecule has 2 bridgehead atoms. The van der Waals surface area contributed by atoms with Gasteiger partial charge in [0.15, 0.2) is 11.5 Å². The number of aromatic nitrogens is 1. The molecule has 0 amide bonds. The molecule has 5 aliphatic rings. The Labute approximate surface area is 215 Å². The fourth-order valence-corrected chi connectivity index (χ4v) is 6.11. The van der Waals surface area contributed by atoms with Crippen molar-refractivity contribution < 1.29 is 9.47 Å². The van der Waals surface area contributed by atoms with Crippen LogP contribution < -0.4 is 20.1 Å². The first-order valence-corrected chi connectivity index (χ1v) is 12.6. The largest absolute Gasteiger partial charge is 0.493 e. The van der Waals surface area contributed by atoms with E-state index in [1.807, 2.05) is 0 Å². The van der Waals surface area contributed by atoms with Gasteiger partial charge in [0, 0.05) is 68.0 Å². The number of nitrogens with zero attached hydrogens (tertiary/aromatic N) is 2. The van der Waals surface area contributed by atoms with Crippen molar-refractivity contribution in [2.45, 2.75) is 38.5 Å². The molecule has 1 saturated carbocycles. The third-order valence-corrected chi connectivity index (χ3v) is 7.97. The number of fused-ring (bicyclic) bond motifs is 4. The van der Waals surface area contributed by atoms with Gasteiger partial charge in [-0.15, -0.1) is 24.8 Å². The van der Waals surface area contributed by atoms with Crippen LogP contribution in [0.2, 0.25) is 0 Å². The molecular formula is C26H38Cl2N4O2. The third-order valence-electron chi connectivity index (χ3n) is 7.97. The van der Waals surface area contributed by atoms with Crippen molar-refractivity contribution in [3.8, 4) is 11.5 Å². The van der Waals surface area contributed by atoms with Gasteiger partial charge in [0.05, 0.1) is 19.2 Å². The minimum Gasteiger partial charge on any atom is -0.493 e. The fourth-order valence-electron chi connectivity index (χ4n) is 6.11. The van der Waals surface area contributed by atoms with Gasteiger partial charge in [-0.1, -0.05) is 0 Å². The molecular weight excluding hydrogens is 471 g/mol. The number of anilines is 1. The minimum absolute atomic E-state index is 0. The van der Waals surface area contributed by atoms with Crippen molar-refractivity contribution in [2.75, 3.05) is 58.3 Å². The van der Waals surface area contributed by atoms with Crippen LogP contribution in [0.15, 0.2) is 12.1 Å². The van der Waals surface area contributed by atoms with E-state index in [1.165, 1.54) is 49.3 Å². The van der Waals surface area contributed by atoms with Gasteiger partial charge in [-0.05, 0) is 62.0 Å². The summed E-state index contributed by atoms with van der Waals surface area (Å²) in [5.74, 6) is 4.27. The first-order valence-electron chi connectivity index (χ1n) is 12.6. The summed E-state index contributed by atoms with van der Waals surface area (Å²) in [5, 5.41) is 8.31. The molecule has 34 heavy (non-hydrogen) atoms. The van der Waals surface area contributed by atoms with Crippen LogP contribution in [0.25, 0.3) is 10.9 Å². The van der Waals surface area contributed by atoms with E-state index in [0.29, 0.717) is 5.92 Å². The molecule has 3 aliphatic heterocycles. The van der Waals surface area contributed by atoms with Gasteiger partial charge in [0.25, 0.3) is 0 Å². The number of piperidine rings is 2. The highest BCUT2D eigenvalue weighted by molar-refractivity contribution is 5.96. The average Bonchev–Trinajstić information content (AvgIpc) is 3.22. The molecule has 3 saturated heterocycles. The molecule has 0 radical (unpaired) electrons. The third kappa shape index (κ3) is 5.06. The first kappa shape index (κ1) is 25.6. The Bertz CT molecular complexity index is 985. The lowest BCUT2D eigenvalue weighted by Gasteiger charge is -2.47. The van der Waals surface area contributed by atoms with Crippen molar-refractivity contribution in [3.63, 3.8) is 0 Å². The van der Waals surface area contributed by atoms with Crippen LogP contribution in [0.3, 0.4) is 0 Å². The van der Waals surface area contributed by atoms with Crippen LogP contribution in [0.5, 0.6) is 11.5 Å². The fraction of sp³-hybridized carbons (Fsp3) is 0.654. The molecule has 2 N–H and O–H groups in total. The lowest BCUT2D eigenvalue weighted by molar-refractivity contribution is 0.0251. The summed E-state index contributed by atoms with van der Waals surface area (Å²) in [6.45, 7) is 7.67. The summed E-state index contributed by atoms with van der Waals surface area (Å²) in [6.07, 6.45) is 7.36. The van der Waals surface area contributed by atoms with E-state index < -0.39 is 0 Å². The second-order valence-electron chi connectivity index (χ2n) is 10.4. The summed E-state index contributed by atoms with van der Waals surface area (Å²) in [7, 11) is 1.74. The maximum Gasteiger partial charge on any atom is 0.163 e. The van der Waals surface area contributed by atoms with E-state index in [-0.39, 0.29) is 24.8 Å². The summed E-state index contributed by atoms with van der Waals surface area (Å²) < 4.78 is 12.0. The Morgan fingerprint density at radius 1 is 1.09 bits per heavy atom. The maximum atomic E-state index is 6.23. The highest BCUT2D eigenvalue weighted by Gasteiger charge is 2.36. The van der Waals surface area contributed by atoms with Gasteiger partial charge in [-0.2, -0.15) is 0 Å². The van der Waals surface area contributed by atoms with Gasteiger partial charge in [0.1, 0.15) is 0 Å². The Kier molecular flexibility index (Phi) is 8.34. The lowest BCUT2D eigenvalue weighted by Crippen LogP contribution is -2.48. The van der Waals surface area contributed by atoms with Gasteiger partial charge in [-0.25, -0.2) is 0 Å². The summed E-state index contributed by atoms with van der Waals surface area (Å²) in [6, 6.07) is 4.23. The van der Waals surface area contributed by atoms with E-state index in [4.69, 9.17) is 14.5 Å². The standard InChI is InChI=1S/C26H36N4O2.2ClH/c1-31-24-10-21-23(11-25(24)32-7-3-6-30-15-17-8-18(9-17)16-30)29-22-5-2-4-20(22)26(21)28-14-19-12-27-13-19;;/h10-11,17-19,27H,2-9,12-16H2,1H3,(H,28,29);2*1H. The molecule has 4 fully saturated rings. The highest BCUT2D eigenvalue weighted by Crippen LogP contribution is 2.41. The van der Waals surface area contributed by atoms with Gasteiger partial charge in [0.2, 0.25) is 0 Å². The van der Waals surface area contributed by atoms with E-state index in [2.05, 4.69) is 27.7 Å². The highest BCUT2D eigenvalue weighted by atomic mass is 35.5. The van der Waals surface area contributed by atoms with Crippen molar-refractivity contribution in [2.24, 2.45) is 17.8 Å². The quantitative estimate of drug-likeness (QED) is 0.492. The Hall–Kier alpha value is -1.47. The van der Waals surface area contributed by atoms with Gasteiger partial charge < -0.3 is 25.0 Å². The van der Waals surface area contributed by atoms with Gasteiger partial charge in [-0.3, -0.25) is 4.98 Å². The normalized spacial score (nSPS) is 23.2. The number of rotatable bonds is 9. The molecule has 2 aromatic rings. The number of methoxy groups -OCH3 is 1. The number of halogens is 2. The van der Waals surface area contributed by atoms with Gasteiger partial charge >= 0.3 is 0 Å². The number of nitrogens with one attached hydrogen (secondary N) is 2. The van der Waals surface area contributed by atoms with E-state index in [0.717, 1.165) is 86.3 Å². The first-order chi connectivity index (χ1) is 15.8. The number of benzene rings is 1. The van der Waals surface area contributed by atoms with E-state index in [1.54, 1.807) is 7.11 Å². The predicted molar refractivity (Wildman–Crippen MR) is 142 cm³/mol. The molecule has 1 aromatic heterocycles. The summed E-state index contributed by atoms with van der Waals surface area (Å²) in [4.78, 5) is 7.66. The van der Waals surface area contributed by atoms with Crippen molar-refractivity contribution in [1.29, 1.82) is 0 Å². The number of aryl methyl sites for hydroxylation is 1. The second-order valence-corrected chi connectivity index (χ2v) is 10.4. The monoisotopic (exact) mass is 508 g/mol. The number of ether oxygens (including phenoxy) is 2. The van der Waals surface area contributed by atoms with Crippen LogP contribution in [0.4, 0.5) is 5.69 Å². The smallest absolute Gasteiger partial charge is 0.163 e. The Morgan fingerprint density at radius 3 is 2.59 bits per heavy atom. The predicted octanol–water partition coefficient (Wildman–Crippen LogP) is 4.32. The molecule has 0 unspecified atom stereocenters. The molecule has 188 valence electrons. The van der Waals surface area contributed by atoms with E-state index >= 15 is 0 Å². The molecule has 6 nitrogen and oxygen atoms in total. The lowest BCUT2D eigenvalue weighted by atomic mass is 9.71. The zero-order chi connectivity index (χ0) is 21.5. The van der Waals surface area contributed by atoms with Crippen molar-refractivity contribution >= 4 is 41.4 Å². The molecule has 0 atom stereocenters. The van der Waals surface area contributed by atoms with Crippen molar-refractivity contribution in [3.05, 3.63) is 23.4 Å². The molecule has 1 aromatic carbocycles. The zero-order valence-corrected chi connectivity index (χ0v) is 21.7. The van der Waals surface area contributed by atoms with Crippen LogP contribution >= 0.6 is 24.8 Å². The minimum atomic E-state index is 0. The van der Waals surface area contributed by atoms with Crippen LogP contribution in [0, 0.1) is 17.8 Å². The van der Waals surface area contributed by atoms with Crippen LogP contribution in [-0.2, 0) is 12.8 Å². The zero-order valence-electron chi connectivity index (χ0n) is 20.1. The van der Waals surface area contributed by atoms with Crippen LogP contribution in [0.1, 0.15) is 36.9 Å². The van der Waals surface area contributed by atoms with Crippen molar-refractivity contribution in [1.82, 2.24) is 15.2 Å².